The Morgan fingerprint density at radius 2 is 0.382 bits per heavy atom. The normalized spacial score (nSPS) is 12.5. The molecule has 0 aliphatic carbocycles. The summed E-state index contributed by atoms with van der Waals surface area (Å²) in [6.45, 7) is 7.71. The fraction of sp³-hybridized carbons (Fsp3) is 1.00. The Labute approximate surface area is 348 Å². The van der Waals surface area contributed by atoms with Gasteiger partial charge in [0.05, 0.1) is 0 Å². The zero-order chi connectivity index (χ0) is 40.7. The number of hydrogen-bond acceptors (Lipinski definition) is 4. The van der Waals surface area contributed by atoms with Gasteiger partial charge < -0.3 is 5.73 Å². The Hall–Kier alpha value is 0.270. The smallest absolute Gasteiger partial charge is 0.0654 e. The topological polar surface area (TPSA) is 86.7 Å². The zero-order valence-electron chi connectivity index (χ0n) is 38.6. The van der Waals surface area contributed by atoms with E-state index in [-0.39, 0.29) is 12.3 Å². The maximum atomic E-state index is 10.4. The van der Waals surface area contributed by atoms with Crippen LogP contribution in [0.15, 0.2) is 0 Å². The molecule has 0 amide bonds. The molecule has 0 bridgehead atoms. The molecule has 0 heterocycles. The van der Waals surface area contributed by atoms with Gasteiger partial charge in [0.25, 0.3) is 0 Å². The number of rotatable bonds is 46. The summed E-state index contributed by atoms with van der Waals surface area (Å²) in [6, 6.07) is 0. The van der Waals surface area contributed by atoms with Crippen molar-refractivity contribution in [2.45, 2.75) is 303 Å². The van der Waals surface area contributed by atoms with Crippen molar-refractivity contribution in [1.82, 2.24) is 0 Å². The van der Waals surface area contributed by atoms with Crippen LogP contribution in [0.4, 0.5) is 0 Å². The molecule has 0 aliphatic heterocycles. The number of unbranched alkanes of at least 4 members (excludes halogenated alkanes) is 41. The molecule has 0 atom stereocenters. The van der Waals surface area contributed by atoms with E-state index in [1.807, 2.05) is 0 Å². The molecule has 0 saturated heterocycles. The first-order chi connectivity index (χ1) is 26.8. The molecule has 0 fully saturated rings. The predicted octanol–water partition coefficient (Wildman–Crippen LogP) is 17.4. The third kappa shape index (κ3) is 54.3. The molecular formula is C50H108NO3P. The quantitative estimate of drug-likeness (QED) is 0.0365. The van der Waals surface area contributed by atoms with E-state index < -0.39 is 7.28 Å². The van der Waals surface area contributed by atoms with Gasteiger partial charge in [0, 0.05) is 0 Å². The van der Waals surface area contributed by atoms with Gasteiger partial charge in [-0.25, -0.2) is 0 Å². The van der Waals surface area contributed by atoms with E-state index in [1.54, 1.807) is 0 Å². The average Bonchev–Trinajstić information content (AvgIpc) is 3.16. The molecule has 0 radical (unpaired) electrons. The Balaban J connectivity index is 0. The minimum Gasteiger partial charge on any atom is -0.0654 e. The predicted molar refractivity (Wildman–Crippen MR) is 253 cm³/mol. The van der Waals surface area contributed by atoms with E-state index in [0.717, 1.165) is 45.1 Å². The molecule has 0 rings (SSSR count). The minimum absolute atomic E-state index is 0.210. The SMILES string of the molecule is CCCCCCCCCCCCCCCCCCN.CCCCCCCCCCCCCCCCP(O)(O)(O)CCCCCCCCCCCCCCCC. The number of hydrogen-bond donors (Lipinski definition) is 4. The molecular weight excluding hydrogens is 694 g/mol. The molecule has 5 heteroatoms. The third-order valence-corrected chi connectivity index (χ3v) is 14.5. The molecule has 5 N–H and O–H groups in total. The standard InChI is InChI=1S/C32H69O3P.C18H39N/c1-3-5-7-9-11-13-15-17-19-21-23-25-27-29-31-36(33,34,35)32-30-28-26-24-22-20-18-16-14-12-10-8-6-4-2;1-2-3-4-5-6-7-8-9-10-11-12-13-14-15-16-17-18-19/h33-35H,3-32H2,1-2H3;2-19H2,1H3. The first-order valence-corrected chi connectivity index (χ1v) is 28.2. The van der Waals surface area contributed by atoms with E-state index in [9.17, 15) is 14.7 Å². The van der Waals surface area contributed by atoms with Gasteiger partial charge in [-0.2, -0.15) is 0 Å². The van der Waals surface area contributed by atoms with Gasteiger partial charge in [-0.1, -0.05) is 156 Å². The van der Waals surface area contributed by atoms with Crippen molar-refractivity contribution in [2.75, 3.05) is 18.9 Å². The van der Waals surface area contributed by atoms with E-state index in [0.29, 0.717) is 0 Å². The Morgan fingerprint density at radius 3 is 0.545 bits per heavy atom. The second-order valence-corrected chi connectivity index (χ2v) is 21.6. The molecule has 4 nitrogen and oxygen atoms in total. The molecule has 0 aliphatic rings. The minimum atomic E-state index is -4.38. The summed E-state index contributed by atoms with van der Waals surface area (Å²) in [4.78, 5) is 31.2. The maximum absolute atomic E-state index is 10.4. The summed E-state index contributed by atoms with van der Waals surface area (Å²) in [5.74, 6) is 0. The molecule has 0 unspecified atom stereocenters. The molecule has 55 heavy (non-hydrogen) atoms. The monoisotopic (exact) mass is 802 g/mol. The molecule has 0 aromatic carbocycles. The van der Waals surface area contributed by atoms with Crippen molar-refractivity contribution in [3.05, 3.63) is 0 Å². The van der Waals surface area contributed by atoms with E-state index >= 15 is 0 Å². The summed E-state index contributed by atoms with van der Waals surface area (Å²) in [5, 5.41) is 0. The van der Waals surface area contributed by atoms with Gasteiger partial charge in [-0.3, -0.25) is 0 Å². The van der Waals surface area contributed by atoms with Crippen molar-refractivity contribution in [3.63, 3.8) is 0 Å². The Morgan fingerprint density at radius 1 is 0.236 bits per heavy atom. The molecule has 0 spiro atoms. The van der Waals surface area contributed by atoms with Crippen molar-refractivity contribution in [2.24, 2.45) is 5.73 Å². The summed E-state index contributed by atoms with van der Waals surface area (Å²) in [7, 11) is -4.38. The van der Waals surface area contributed by atoms with Crippen LogP contribution < -0.4 is 5.73 Å². The number of nitrogens with two attached hydrogens (primary N) is 1. The van der Waals surface area contributed by atoms with Crippen LogP contribution >= 0.6 is 7.28 Å². The van der Waals surface area contributed by atoms with Crippen LogP contribution in [-0.2, 0) is 0 Å². The molecule has 0 aromatic rings. The third-order valence-electron chi connectivity index (χ3n) is 12.0. The van der Waals surface area contributed by atoms with Crippen molar-refractivity contribution in [3.8, 4) is 0 Å². The van der Waals surface area contributed by atoms with Gasteiger partial charge in [-0.15, -0.1) is 0 Å². The van der Waals surface area contributed by atoms with E-state index in [4.69, 9.17) is 5.73 Å². The van der Waals surface area contributed by atoms with Crippen LogP contribution in [0.2, 0.25) is 0 Å². The summed E-state index contributed by atoms with van der Waals surface area (Å²) >= 11 is 0. The zero-order valence-corrected chi connectivity index (χ0v) is 39.5. The first-order valence-electron chi connectivity index (χ1n) is 25.8. The van der Waals surface area contributed by atoms with Crippen LogP contribution in [0.1, 0.15) is 303 Å². The Kier molecular flexibility index (Phi) is 49.0. The second-order valence-electron chi connectivity index (χ2n) is 18.1. The van der Waals surface area contributed by atoms with Crippen LogP contribution in [0.25, 0.3) is 0 Å². The second kappa shape index (κ2) is 47.0. The van der Waals surface area contributed by atoms with Crippen LogP contribution in [-0.4, -0.2) is 33.5 Å². The Bertz CT molecular complexity index is 630. The fourth-order valence-corrected chi connectivity index (χ4v) is 10.0. The van der Waals surface area contributed by atoms with Crippen molar-refractivity contribution in [1.29, 1.82) is 0 Å². The van der Waals surface area contributed by atoms with E-state index in [1.165, 1.54) is 244 Å². The van der Waals surface area contributed by atoms with Gasteiger partial charge in [0.1, 0.15) is 0 Å². The fourth-order valence-electron chi connectivity index (χ4n) is 8.06. The summed E-state index contributed by atoms with van der Waals surface area (Å²) in [6.07, 6.45) is 59.1. The van der Waals surface area contributed by atoms with Gasteiger partial charge >= 0.3 is 176 Å². The van der Waals surface area contributed by atoms with Gasteiger partial charge in [-0.05, 0) is 13.0 Å². The molecule has 0 saturated carbocycles. The van der Waals surface area contributed by atoms with Gasteiger partial charge in [0.15, 0.2) is 0 Å². The summed E-state index contributed by atoms with van der Waals surface area (Å²) in [5.41, 5.74) is 5.48. The summed E-state index contributed by atoms with van der Waals surface area (Å²) < 4.78 is 0. The van der Waals surface area contributed by atoms with Crippen LogP contribution in [0, 0.1) is 0 Å². The average molecular weight is 802 g/mol. The first kappa shape index (κ1) is 57.4. The van der Waals surface area contributed by atoms with E-state index in [2.05, 4.69) is 20.8 Å². The van der Waals surface area contributed by atoms with Crippen molar-refractivity contribution < 1.29 is 14.7 Å². The van der Waals surface area contributed by atoms with Crippen LogP contribution in [0.3, 0.4) is 0 Å². The van der Waals surface area contributed by atoms with Crippen LogP contribution in [0.5, 0.6) is 0 Å². The van der Waals surface area contributed by atoms with Crippen molar-refractivity contribution >= 4 is 7.28 Å². The molecule has 336 valence electrons. The molecule has 0 aromatic heterocycles. The van der Waals surface area contributed by atoms with Gasteiger partial charge in [0.2, 0.25) is 0 Å².